The third-order valence-corrected chi connectivity index (χ3v) is 8.37. The smallest absolute Gasteiger partial charge is 0.374 e. The fraction of sp³-hybridized carbons (Fsp3) is 0.195. The molecule has 1 aromatic heterocycles. The molecule has 45 heavy (non-hydrogen) atoms. The molecular weight excluding hydrogens is 552 g/mol. The topological polar surface area (TPSA) is 29.5 Å². The number of benzene rings is 4. The van der Waals surface area contributed by atoms with Crippen LogP contribution in [-0.4, -0.2) is 6.54 Å². The standard InChI is InChI=1S/C41H41N2O2/c1-6-31(11-9-13-40-42(7-2)36-27-34(23-25-38(36)44-40)32-19-15-29(4)16-20-32)12-10-14-41-43(8-3)37-28-35(24-26-39(37)45-41)33-21-17-30(5)18-22-33/h9-28H,6-8H2,1-5H3/q+1. The van der Waals surface area contributed by atoms with Gasteiger partial charge in [-0.15, -0.1) is 0 Å². The van der Waals surface area contributed by atoms with Gasteiger partial charge < -0.3 is 14.1 Å². The molecule has 1 aliphatic heterocycles. The molecule has 0 saturated heterocycles. The van der Waals surface area contributed by atoms with E-state index >= 15 is 0 Å². The summed E-state index contributed by atoms with van der Waals surface area (Å²) in [5, 5.41) is 0. The van der Waals surface area contributed by atoms with Gasteiger partial charge in [0.25, 0.3) is 5.52 Å². The second-order valence-corrected chi connectivity index (χ2v) is 11.4. The number of rotatable bonds is 9. The van der Waals surface area contributed by atoms with Gasteiger partial charge in [-0.3, -0.25) is 0 Å². The van der Waals surface area contributed by atoms with E-state index in [-0.39, 0.29) is 0 Å². The van der Waals surface area contributed by atoms with Crippen LogP contribution < -0.4 is 14.2 Å². The van der Waals surface area contributed by atoms with E-state index < -0.39 is 0 Å². The average molecular weight is 594 g/mol. The number of nitrogens with zero attached hydrogens (tertiary/aromatic N) is 2. The maximum atomic E-state index is 6.26. The van der Waals surface area contributed by atoms with E-state index in [1.807, 2.05) is 0 Å². The van der Waals surface area contributed by atoms with Crippen LogP contribution in [0.5, 0.6) is 5.75 Å². The van der Waals surface area contributed by atoms with Crippen LogP contribution in [0.25, 0.3) is 39.4 Å². The summed E-state index contributed by atoms with van der Waals surface area (Å²) in [6.07, 6.45) is 13.5. The second kappa shape index (κ2) is 13.3. The first-order valence-corrected chi connectivity index (χ1v) is 15.9. The lowest BCUT2D eigenvalue weighted by atomic mass is 10.0. The third kappa shape index (κ3) is 6.41. The summed E-state index contributed by atoms with van der Waals surface area (Å²) in [7, 11) is 0. The van der Waals surface area contributed by atoms with Crippen molar-refractivity contribution in [2.45, 2.75) is 47.6 Å². The molecule has 0 fully saturated rings. The number of hydrogen-bond donors (Lipinski definition) is 0. The molecule has 4 heteroatoms. The molecule has 4 nitrogen and oxygen atoms in total. The van der Waals surface area contributed by atoms with E-state index in [1.54, 1.807) is 0 Å². The van der Waals surface area contributed by atoms with Crippen molar-refractivity contribution in [3.05, 3.63) is 144 Å². The molecule has 0 N–H and O–H groups in total. The number of hydrogen-bond acceptors (Lipinski definition) is 3. The van der Waals surface area contributed by atoms with Gasteiger partial charge in [-0.25, -0.2) is 0 Å². The predicted octanol–water partition coefficient (Wildman–Crippen LogP) is 10.4. The minimum absolute atomic E-state index is 0.824. The third-order valence-electron chi connectivity index (χ3n) is 8.37. The number of aryl methyl sites for hydroxylation is 3. The Morgan fingerprint density at radius 2 is 1.40 bits per heavy atom. The van der Waals surface area contributed by atoms with Crippen LogP contribution in [0, 0.1) is 13.8 Å². The van der Waals surface area contributed by atoms with Gasteiger partial charge >= 0.3 is 5.89 Å². The summed E-state index contributed by atoms with van der Waals surface area (Å²) >= 11 is 0. The van der Waals surface area contributed by atoms with Crippen molar-refractivity contribution in [2.75, 3.05) is 11.4 Å². The lowest BCUT2D eigenvalue weighted by molar-refractivity contribution is -0.674. The van der Waals surface area contributed by atoms with Crippen LogP contribution >= 0.6 is 0 Å². The minimum atomic E-state index is 0.824. The molecule has 4 aromatic carbocycles. The van der Waals surface area contributed by atoms with Crippen LogP contribution in [0.4, 0.5) is 5.69 Å². The summed E-state index contributed by atoms with van der Waals surface area (Å²) < 4.78 is 14.7. The highest BCUT2D eigenvalue weighted by molar-refractivity contribution is 5.79. The molecule has 2 heterocycles. The quantitative estimate of drug-likeness (QED) is 0.126. The number of aromatic nitrogens is 1. The highest BCUT2D eigenvalue weighted by atomic mass is 16.5. The number of anilines is 1. The monoisotopic (exact) mass is 593 g/mol. The summed E-state index contributed by atoms with van der Waals surface area (Å²) in [5.74, 6) is 2.57. The molecule has 0 saturated carbocycles. The number of fused-ring (bicyclic) bond motifs is 2. The van der Waals surface area contributed by atoms with Crippen molar-refractivity contribution < 1.29 is 13.7 Å². The first-order valence-electron chi connectivity index (χ1n) is 15.9. The Labute approximate surface area is 266 Å². The van der Waals surface area contributed by atoms with Gasteiger partial charge in [-0.05, 0) is 86.2 Å². The molecule has 5 aromatic rings. The fourth-order valence-corrected chi connectivity index (χ4v) is 5.75. The molecule has 1 aliphatic rings. The lowest BCUT2D eigenvalue weighted by Gasteiger charge is -2.15. The zero-order valence-electron chi connectivity index (χ0n) is 26.9. The van der Waals surface area contributed by atoms with E-state index in [0.29, 0.717) is 0 Å². The van der Waals surface area contributed by atoms with Crippen LogP contribution in [0.1, 0.15) is 44.2 Å². The van der Waals surface area contributed by atoms with Crippen LogP contribution in [0.3, 0.4) is 0 Å². The van der Waals surface area contributed by atoms with Gasteiger partial charge in [0.1, 0.15) is 6.54 Å². The van der Waals surface area contributed by atoms with E-state index in [0.717, 1.165) is 53.8 Å². The van der Waals surface area contributed by atoms with E-state index in [9.17, 15) is 0 Å². The normalized spacial score (nSPS) is 14.3. The molecule has 0 radical (unpaired) electrons. The molecule has 0 amide bonds. The average Bonchev–Trinajstić information content (AvgIpc) is 3.60. The summed E-state index contributed by atoms with van der Waals surface area (Å²) in [5.41, 5.74) is 11.6. The number of oxazole rings is 1. The molecule has 226 valence electrons. The van der Waals surface area contributed by atoms with E-state index in [2.05, 4.69) is 165 Å². The highest BCUT2D eigenvalue weighted by Gasteiger charge is 2.25. The maximum Gasteiger partial charge on any atom is 0.374 e. The van der Waals surface area contributed by atoms with Crippen molar-refractivity contribution in [1.82, 2.24) is 0 Å². The fourth-order valence-electron chi connectivity index (χ4n) is 5.75. The van der Waals surface area contributed by atoms with Gasteiger partial charge in [0.05, 0.1) is 11.8 Å². The molecule has 0 unspecified atom stereocenters. The molecule has 0 atom stereocenters. The zero-order chi connectivity index (χ0) is 31.3. The SMILES string of the molecule is CCC(C=CC=C1Oc2ccc(-c3ccc(C)cc3)cc2N1CC)=CC=Cc1oc2ccc(-c3ccc(C)cc3)cc2[n+]1CC. The Kier molecular flexibility index (Phi) is 8.84. The van der Waals surface area contributed by atoms with Crippen LogP contribution in [0.2, 0.25) is 0 Å². The lowest BCUT2D eigenvalue weighted by Crippen LogP contribution is -2.33. The Morgan fingerprint density at radius 3 is 2.04 bits per heavy atom. The van der Waals surface area contributed by atoms with E-state index in [1.165, 1.54) is 39.0 Å². The summed E-state index contributed by atoms with van der Waals surface area (Å²) in [6.45, 7) is 12.4. The molecular formula is C41H41N2O2+. The van der Waals surface area contributed by atoms with Crippen LogP contribution in [0.15, 0.2) is 131 Å². The Bertz CT molecular complexity index is 1940. The van der Waals surface area contributed by atoms with Crippen molar-refractivity contribution in [3.63, 3.8) is 0 Å². The second-order valence-electron chi connectivity index (χ2n) is 11.4. The number of ether oxygens (including phenoxy) is 1. The molecule has 0 spiro atoms. The highest BCUT2D eigenvalue weighted by Crippen LogP contribution is 2.41. The Morgan fingerprint density at radius 1 is 0.756 bits per heavy atom. The minimum Gasteiger partial charge on any atom is -0.439 e. The summed E-state index contributed by atoms with van der Waals surface area (Å²) in [6, 6.07) is 30.2. The van der Waals surface area contributed by atoms with Crippen molar-refractivity contribution in [1.29, 1.82) is 0 Å². The summed E-state index contributed by atoms with van der Waals surface area (Å²) in [4.78, 5) is 2.22. The maximum absolute atomic E-state index is 6.26. The molecule has 6 rings (SSSR count). The van der Waals surface area contributed by atoms with Gasteiger partial charge in [-0.1, -0.05) is 103 Å². The molecule has 0 bridgehead atoms. The molecule has 0 aliphatic carbocycles. The van der Waals surface area contributed by atoms with Crippen molar-refractivity contribution in [2.24, 2.45) is 0 Å². The van der Waals surface area contributed by atoms with Crippen molar-refractivity contribution in [3.8, 4) is 28.0 Å². The first-order chi connectivity index (χ1) is 22.0. The Balaban J connectivity index is 1.18. The predicted molar refractivity (Wildman–Crippen MR) is 187 cm³/mol. The van der Waals surface area contributed by atoms with Crippen molar-refractivity contribution >= 4 is 22.9 Å². The first kappa shape index (κ1) is 30.0. The van der Waals surface area contributed by atoms with Crippen LogP contribution in [-0.2, 0) is 6.54 Å². The van der Waals surface area contributed by atoms with Gasteiger partial charge in [-0.2, -0.15) is 4.57 Å². The number of allylic oxidation sites excluding steroid dienone is 6. The van der Waals surface area contributed by atoms with Gasteiger partial charge in [0.15, 0.2) is 5.75 Å². The van der Waals surface area contributed by atoms with Gasteiger partial charge in [0.2, 0.25) is 11.5 Å². The van der Waals surface area contributed by atoms with E-state index in [4.69, 9.17) is 9.15 Å². The van der Waals surface area contributed by atoms with Gasteiger partial charge in [0, 0.05) is 12.6 Å². The zero-order valence-corrected chi connectivity index (χ0v) is 26.9. The largest absolute Gasteiger partial charge is 0.439 e. The Hall–Kier alpha value is -5.09.